The second-order valence-corrected chi connectivity index (χ2v) is 5.61. The molecule has 3 atom stereocenters. The van der Waals surface area contributed by atoms with Gasteiger partial charge in [-0.25, -0.2) is 0 Å². The van der Waals surface area contributed by atoms with E-state index in [2.05, 4.69) is 37.1 Å². The Labute approximate surface area is 99.8 Å². The zero-order chi connectivity index (χ0) is 12.2. The molecule has 92 valence electrons. The SMILES string of the molecule is CCNC(C)(C#N)CN1CC(C)CC(C)C1. The molecule has 1 aliphatic heterocycles. The number of nitrogens with one attached hydrogen (secondary N) is 1. The lowest BCUT2D eigenvalue weighted by atomic mass is 9.90. The van der Waals surface area contributed by atoms with E-state index in [4.69, 9.17) is 0 Å². The summed E-state index contributed by atoms with van der Waals surface area (Å²) in [6.45, 7) is 12.6. The third-order valence-corrected chi connectivity index (χ3v) is 3.30. The minimum absolute atomic E-state index is 0.397. The number of likely N-dealkylation sites (N-methyl/N-ethyl adjacent to an activating group) is 1. The molecule has 1 aliphatic rings. The quantitative estimate of drug-likeness (QED) is 0.790. The summed E-state index contributed by atoms with van der Waals surface area (Å²) in [6.07, 6.45) is 1.32. The Hall–Kier alpha value is -0.590. The Morgan fingerprint density at radius 2 is 1.94 bits per heavy atom. The summed E-state index contributed by atoms with van der Waals surface area (Å²) in [5.74, 6) is 1.52. The van der Waals surface area contributed by atoms with Crippen LogP contribution in [0.4, 0.5) is 0 Å². The van der Waals surface area contributed by atoms with Crippen LogP contribution in [0.1, 0.15) is 34.1 Å². The molecule has 3 unspecified atom stereocenters. The van der Waals surface area contributed by atoms with Gasteiger partial charge in [0, 0.05) is 19.6 Å². The van der Waals surface area contributed by atoms with E-state index in [0.29, 0.717) is 0 Å². The van der Waals surface area contributed by atoms with Crippen LogP contribution < -0.4 is 5.32 Å². The van der Waals surface area contributed by atoms with E-state index in [9.17, 15) is 5.26 Å². The third-order valence-electron chi connectivity index (χ3n) is 3.30. The normalized spacial score (nSPS) is 30.7. The summed E-state index contributed by atoms with van der Waals surface area (Å²) >= 11 is 0. The number of nitriles is 1. The van der Waals surface area contributed by atoms with Crippen molar-refractivity contribution in [2.45, 2.75) is 39.7 Å². The fourth-order valence-electron chi connectivity index (χ4n) is 2.89. The molecule has 1 rings (SSSR count). The van der Waals surface area contributed by atoms with E-state index in [1.165, 1.54) is 6.42 Å². The van der Waals surface area contributed by atoms with Crippen LogP contribution in [0.5, 0.6) is 0 Å². The fraction of sp³-hybridized carbons (Fsp3) is 0.923. The van der Waals surface area contributed by atoms with Gasteiger partial charge in [0.1, 0.15) is 5.54 Å². The van der Waals surface area contributed by atoms with Gasteiger partial charge in [0.15, 0.2) is 0 Å². The van der Waals surface area contributed by atoms with E-state index in [1.807, 2.05) is 6.92 Å². The average Bonchev–Trinajstić information content (AvgIpc) is 2.16. The third kappa shape index (κ3) is 3.77. The van der Waals surface area contributed by atoms with Crippen LogP contribution in [0, 0.1) is 23.2 Å². The predicted octanol–water partition coefficient (Wildman–Crippen LogP) is 1.86. The number of hydrogen-bond acceptors (Lipinski definition) is 3. The van der Waals surface area contributed by atoms with Gasteiger partial charge in [-0.3, -0.25) is 10.2 Å². The monoisotopic (exact) mass is 223 g/mol. The van der Waals surface area contributed by atoms with Crippen LogP contribution in [0.15, 0.2) is 0 Å². The van der Waals surface area contributed by atoms with Crippen molar-refractivity contribution < 1.29 is 0 Å². The summed E-state index contributed by atoms with van der Waals surface area (Å²) in [5.41, 5.74) is -0.397. The zero-order valence-electron chi connectivity index (χ0n) is 11.1. The van der Waals surface area contributed by atoms with Crippen LogP contribution in [0.3, 0.4) is 0 Å². The van der Waals surface area contributed by atoms with Crippen LogP contribution in [0.25, 0.3) is 0 Å². The van der Waals surface area contributed by atoms with Crippen LogP contribution in [-0.4, -0.2) is 36.6 Å². The van der Waals surface area contributed by atoms with Crippen molar-refractivity contribution in [3.05, 3.63) is 0 Å². The van der Waals surface area contributed by atoms with Crippen molar-refractivity contribution in [1.82, 2.24) is 10.2 Å². The molecule has 1 N–H and O–H groups in total. The Bertz CT molecular complexity index is 248. The molecule has 0 bridgehead atoms. The van der Waals surface area contributed by atoms with Gasteiger partial charge >= 0.3 is 0 Å². The van der Waals surface area contributed by atoms with Crippen molar-refractivity contribution >= 4 is 0 Å². The maximum Gasteiger partial charge on any atom is 0.116 e. The minimum atomic E-state index is -0.397. The Morgan fingerprint density at radius 3 is 2.38 bits per heavy atom. The van der Waals surface area contributed by atoms with Crippen molar-refractivity contribution in [2.75, 3.05) is 26.2 Å². The Kier molecular flexibility index (Phi) is 4.76. The first-order chi connectivity index (χ1) is 7.49. The highest BCUT2D eigenvalue weighted by molar-refractivity contribution is 5.06. The predicted molar refractivity (Wildman–Crippen MR) is 67.1 cm³/mol. The Morgan fingerprint density at radius 1 is 1.38 bits per heavy atom. The smallest absolute Gasteiger partial charge is 0.116 e. The van der Waals surface area contributed by atoms with E-state index in [1.54, 1.807) is 0 Å². The summed E-state index contributed by atoms with van der Waals surface area (Å²) < 4.78 is 0. The molecule has 1 fully saturated rings. The van der Waals surface area contributed by atoms with Gasteiger partial charge in [-0.1, -0.05) is 20.8 Å². The molecular formula is C13H25N3. The van der Waals surface area contributed by atoms with Crippen molar-refractivity contribution in [3.63, 3.8) is 0 Å². The summed E-state index contributed by atoms with van der Waals surface area (Å²) in [5, 5.41) is 12.5. The van der Waals surface area contributed by atoms with E-state index in [0.717, 1.165) is 38.0 Å². The van der Waals surface area contributed by atoms with E-state index < -0.39 is 5.54 Å². The van der Waals surface area contributed by atoms with Crippen LogP contribution >= 0.6 is 0 Å². The molecule has 1 saturated heterocycles. The molecule has 16 heavy (non-hydrogen) atoms. The lowest BCUT2D eigenvalue weighted by Crippen LogP contribution is -2.53. The van der Waals surface area contributed by atoms with Gasteiger partial charge < -0.3 is 0 Å². The van der Waals surface area contributed by atoms with Crippen LogP contribution in [0.2, 0.25) is 0 Å². The first-order valence-corrected chi connectivity index (χ1v) is 6.37. The van der Waals surface area contributed by atoms with Crippen LogP contribution in [-0.2, 0) is 0 Å². The molecule has 0 spiro atoms. The lowest BCUT2D eigenvalue weighted by molar-refractivity contribution is 0.119. The molecule has 0 radical (unpaired) electrons. The zero-order valence-corrected chi connectivity index (χ0v) is 11.1. The van der Waals surface area contributed by atoms with Gasteiger partial charge in [-0.15, -0.1) is 0 Å². The van der Waals surface area contributed by atoms with Crippen molar-refractivity contribution in [2.24, 2.45) is 11.8 Å². The summed E-state index contributed by atoms with van der Waals surface area (Å²) in [4.78, 5) is 2.44. The van der Waals surface area contributed by atoms with Crippen molar-refractivity contribution in [1.29, 1.82) is 5.26 Å². The standard InChI is InChI=1S/C13H25N3/c1-5-15-13(4,9-14)10-16-7-11(2)6-12(3)8-16/h11-12,15H,5-8,10H2,1-4H3. The molecule has 0 aromatic carbocycles. The minimum Gasteiger partial charge on any atom is -0.300 e. The van der Waals surface area contributed by atoms with Gasteiger partial charge in [-0.05, 0) is 31.7 Å². The Balaban J connectivity index is 2.55. The maximum atomic E-state index is 9.24. The molecular weight excluding hydrogens is 198 g/mol. The molecule has 0 aliphatic carbocycles. The summed E-state index contributed by atoms with van der Waals surface area (Å²) in [6, 6.07) is 2.40. The van der Waals surface area contributed by atoms with Crippen molar-refractivity contribution in [3.8, 4) is 6.07 Å². The largest absolute Gasteiger partial charge is 0.300 e. The summed E-state index contributed by atoms with van der Waals surface area (Å²) in [7, 11) is 0. The number of piperidine rings is 1. The number of nitrogens with zero attached hydrogens (tertiary/aromatic N) is 2. The average molecular weight is 223 g/mol. The second kappa shape index (κ2) is 5.65. The number of rotatable bonds is 4. The molecule has 3 heteroatoms. The van der Waals surface area contributed by atoms with Gasteiger partial charge in [-0.2, -0.15) is 5.26 Å². The fourth-order valence-corrected chi connectivity index (χ4v) is 2.89. The molecule has 1 heterocycles. The molecule has 0 saturated carbocycles. The van der Waals surface area contributed by atoms with E-state index in [-0.39, 0.29) is 0 Å². The first kappa shape index (κ1) is 13.5. The molecule has 0 amide bonds. The second-order valence-electron chi connectivity index (χ2n) is 5.61. The van der Waals surface area contributed by atoms with E-state index >= 15 is 0 Å². The molecule has 0 aromatic rings. The van der Waals surface area contributed by atoms with Gasteiger partial charge in [0.2, 0.25) is 0 Å². The van der Waals surface area contributed by atoms with Gasteiger partial charge in [0.05, 0.1) is 6.07 Å². The highest BCUT2D eigenvalue weighted by Gasteiger charge is 2.29. The first-order valence-electron chi connectivity index (χ1n) is 6.37. The van der Waals surface area contributed by atoms with Gasteiger partial charge in [0.25, 0.3) is 0 Å². The topological polar surface area (TPSA) is 39.1 Å². The molecule has 3 nitrogen and oxygen atoms in total. The molecule has 0 aromatic heterocycles. The highest BCUT2D eigenvalue weighted by atomic mass is 15.2. The highest BCUT2D eigenvalue weighted by Crippen LogP contribution is 2.22. The number of likely N-dealkylation sites (tertiary alicyclic amines) is 1. The maximum absolute atomic E-state index is 9.24. The number of hydrogen-bond donors (Lipinski definition) is 1. The lowest BCUT2D eigenvalue weighted by Gasteiger charge is -2.38.